The summed E-state index contributed by atoms with van der Waals surface area (Å²) in [5.41, 5.74) is 3.69. The molecule has 0 saturated heterocycles. The van der Waals surface area contributed by atoms with Crippen LogP contribution < -0.4 is 0 Å². The first-order valence-corrected chi connectivity index (χ1v) is 6.20. The second-order valence-electron chi connectivity index (χ2n) is 4.43. The molecule has 3 nitrogen and oxygen atoms in total. The molecule has 0 saturated carbocycles. The van der Waals surface area contributed by atoms with Gasteiger partial charge in [0.15, 0.2) is 0 Å². The van der Waals surface area contributed by atoms with Crippen molar-refractivity contribution in [1.82, 2.24) is 5.01 Å². The number of fused-ring (bicyclic) bond motifs is 1. The van der Waals surface area contributed by atoms with Crippen molar-refractivity contribution in [3.8, 4) is 0 Å². The first kappa shape index (κ1) is 11.0. The molecule has 0 aliphatic carbocycles. The van der Waals surface area contributed by atoms with Gasteiger partial charge in [-0.05, 0) is 29.7 Å². The third-order valence-corrected chi connectivity index (χ3v) is 3.15. The fourth-order valence-corrected chi connectivity index (χ4v) is 2.17. The van der Waals surface area contributed by atoms with Gasteiger partial charge in [0.05, 0.1) is 12.2 Å². The molecule has 2 aromatic rings. The van der Waals surface area contributed by atoms with Gasteiger partial charge >= 0.3 is 0 Å². The molecule has 0 amide bonds. The second kappa shape index (κ2) is 5.00. The number of benzene rings is 2. The highest BCUT2D eigenvalue weighted by atomic mass is 15.5. The highest BCUT2D eigenvalue weighted by Crippen LogP contribution is 2.20. The molecule has 0 spiro atoms. The summed E-state index contributed by atoms with van der Waals surface area (Å²) < 4.78 is 0. The molecule has 90 valence electrons. The molecule has 0 atom stereocenters. The average molecular weight is 237 g/mol. The van der Waals surface area contributed by atoms with Gasteiger partial charge < -0.3 is 0 Å². The van der Waals surface area contributed by atoms with E-state index in [0.29, 0.717) is 0 Å². The van der Waals surface area contributed by atoms with Crippen LogP contribution in [0.2, 0.25) is 0 Å². The minimum atomic E-state index is 0.854. The molecule has 0 N–H and O–H groups in total. The summed E-state index contributed by atoms with van der Waals surface area (Å²) in [5.74, 6) is 0. The topological polar surface area (TPSA) is 28.0 Å². The van der Waals surface area contributed by atoms with Crippen molar-refractivity contribution in [3.05, 3.63) is 65.7 Å². The van der Waals surface area contributed by atoms with E-state index in [-0.39, 0.29) is 0 Å². The maximum absolute atomic E-state index is 4.31. The van der Waals surface area contributed by atoms with Crippen molar-refractivity contribution in [2.24, 2.45) is 10.3 Å². The second-order valence-corrected chi connectivity index (χ2v) is 4.43. The Bertz CT molecular complexity index is 549. The van der Waals surface area contributed by atoms with Crippen LogP contribution in [0.3, 0.4) is 0 Å². The van der Waals surface area contributed by atoms with Crippen molar-refractivity contribution in [1.29, 1.82) is 0 Å². The van der Waals surface area contributed by atoms with E-state index < -0.39 is 0 Å². The fraction of sp³-hybridized carbons (Fsp3) is 0.200. The molecule has 18 heavy (non-hydrogen) atoms. The third kappa shape index (κ3) is 2.40. The molecule has 0 bridgehead atoms. The molecule has 3 heteroatoms. The zero-order valence-electron chi connectivity index (χ0n) is 10.2. The van der Waals surface area contributed by atoms with E-state index in [1.807, 2.05) is 35.3 Å². The number of hydrogen-bond acceptors (Lipinski definition) is 2. The van der Waals surface area contributed by atoms with Crippen LogP contribution in [0.5, 0.6) is 0 Å². The van der Waals surface area contributed by atoms with E-state index in [1.165, 1.54) is 11.1 Å². The normalized spacial score (nSPS) is 14.8. The van der Waals surface area contributed by atoms with Crippen molar-refractivity contribution >= 4 is 5.69 Å². The van der Waals surface area contributed by atoms with E-state index >= 15 is 0 Å². The van der Waals surface area contributed by atoms with E-state index in [9.17, 15) is 0 Å². The highest BCUT2D eigenvalue weighted by Gasteiger charge is 2.13. The molecule has 0 unspecified atom stereocenters. The van der Waals surface area contributed by atoms with Crippen LogP contribution >= 0.6 is 0 Å². The summed E-state index contributed by atoms with van der Waals surface area (Å²) in [5, 5.41) is 10.6. The Morgan fingerprint density at radius 2 is 1.56 bits per heavy atom. The molecule has 0 radical (unpaired) electrons. The van der Waals surface area contributed by atoms with Crippen molar-refractivity contribution in [2.45, 2.75) is 13.0 Å². The number of nitrogens with zero attached hydrogens (tertiary/aromatic N) is 3. The summed E-state index contributed by atoms with van der Waals surface area (Å²) in [6.07, 6.45) is 1.05. The Labute approximate surface area is 107 Å². The maximum atomic E-state index is 4.31. The predicted molar refractivity (Wildman–Crippen MR) is 71.5 cm³/mol. The zero-order chi connectivity index (χ0) is 12.2. The first-order valence-electron chi connectivity index (χ1n) is 6.20. The summed E-state index contributed by atoms with van der Waals surface area (Å²) in [6.45, 7) is 1.79. The van der Waals surface area contributed by atoms with Crippen LogP contribution in [-0.4, -0.2) is 11.6 Å². The van der Waals surface area contributed by atoms with Crippen LogP contribution in [0.15, 0.2) is 64.9 Å². The average Bonchev–Trinajstić information content (AvgIpc) is 2.46. The highest BCUT2D eigenvalue weighted by molar-refractivity contribution is 5.34. The lowest BCUT2D eigenvalue weighted by molar-refractivity contribution is 0.250. The Hall–Kier alpha value is -2.16. The van der Waals surface area contributed by atoms with Gasteiger partial charge in [0.1, 0.15) is 0 Å². The van der Waals surface area contributed by atoms with Crippen molar-refractivity contribution < 1.29 is 0 Å². The Morgan fingerprint density at radius 1 is 0.833 bits per heavy atom. The molecule has 1 heterocycles. The van der Waals surface area contributed by atoms with Crippen LogP contribution in [-0.2, 0) is 13.0 Å². The smallest absolute Gasteiger partial charge is 0.0874 e. The lowest BCUT2D eigenvalue weighted by atomic mass is 10.0. The molecule has 3 rings (SSSR count). The molecular formula is C15H15N3. The van der Waals surface area contributed by atoms with Crippen LogP contribution in [0.1, 0.15) is 11.1 Å². The van der Waals surface area contributed by atoms with Crippen LogP contribution in [0.25, 0.3) is 0 Å². The van der Waals surface area contributed by atoms with Gasteiger partial charge in [0.25, 0.3) is 0 Å². The van der Waals surface area contributed by atoms with Crippen LogP contribution in [0.4, 0.5) is 5.69 Å². The van der Waals surface area contributed by atoms with Gasteiger partial charge in [-0.2, -0.15) is 0 Å². The van der Waals surface area contributed by atoms with E-state index in [2.05, 4.69) is 34.6 Å². The minimum Gasteiger partial charge on any atom is -0.274 e. The van der Waals surface area contributed by atoms with Gasteiger partial charge in [0, 0.05) is 6.54 Å². The molecule has 1 aliphatic rings. The molecule has 2 aromatic carbocycles. The SMILES string of the molecule is c1ccc(N=NN2CCc3ccccc3C2)cc1. The number of hydrogen-bond donors (Lipinski definition) is 0. The third-order valence-electron chi connectivity index (χ3n) is 3.15. The minimum absolute atomic E-state index is 0.854. The summed E-state index contributed by atoms with van der Waals surface area (Å²) >= 11 is 0. The van der Waals surface area contributed by atoms with Gasteiger partial charge in [-0.3, -0.25) is 5.01 Å². The maximum Gasteiger partial charge on any atom is 0.0874 e. The summed E-state index contributed by atoms with van der Waals surface area (Å²) in [7, 11) is 0. The number of rotatable bonds is 2. The standard InChI is InChI=1S/C15H15N3/c1-2-8-15(9-3-1)16-17-18-11-10-13-6-4-5-7-14(13)12-18/h1-9H,10-12H2. The van der Waals surface area contributed by atoms with E-state index in [4.69, 9.17) is 0 Å². The quantitative estimate of drug-likeness (QED) is 0.731. The van der Waals surface area contributed by atoms with E-state index in [0.717, 1.165) is 25.2 Å². The first-order chi connectivity index (χ1) is 8.92. The lowest BCUT2D eigenvalue weighted by Gasteiger charge is -2.24. The molecule has 1 aliphatic heterocycles. The van der Waals surface area contributed by atoms with Crippen molar-refractivity contribution in [3.63, 3.8) is 0 Å². The monoisotopic (exact) mass is 237 g/mol. The largest absolute Gasteiger partial charge is 0.274 e. The summed E-state index contributed by atoms with van der Waals surface area (Å²) in [6, 6.07) is 18.4. The van der Waals surface area contributed by atoms with Gasteiger partial charge in [-0.25, -0.2) is 0 Å². The Morgan fingerprint density at radius 3 is 2.39 bits per heavy atom. The predicted octanol–water partition coefficient (Wildman–Crippen LogP) is 3.74. The van der Waals surface area contributed by atoms with Crippen LogP contribution in [0, 0.1) is 0 Å². The Kier molecular flexibility index (Phi) is 3.05. The van der Waals surface area contributed by atoms with E-state index in [1.54, 1.807) is 0 Å². The molecular weight excluding hydrogens is 222 g/mol. The molecule has 0 aromatic heterocycles. The summed E-state index contributed by atoms with van der Waals surface area (Å²) in [4.78, 5) is 0. The Balaban J connectivity index is 1.72. The lowest BCUT2D eigenvalue weighted by Crippen LogP contribution is -2.25. The van der Waals surface area contributed by atoms with Crippen molar-refractivity contribution in [2.75, 3.05) is 6.54 Å². The van der Waals surface area contributed by atoms with Gasteiger partial charge in [0.2, 0.25) is 0 Å². The van der Waals surface area contributed by atoms with Gasteiger partial charge in [-0.15, -0.1) is 5.11 Å². The van der Waals surface area contributed by atoms with Gasteiger partial charge in [-0.1, -0.05) is 47.7 Å². The molecule has 0 fully saturated rings. The fourth-order valence-electron chi connectivity index (χ4n) is 2.17. The zero-order valence-corrected chi connectivity index (χ0v) is 10.2.